The first-order valence-electron chi connectivity index (χ1n) is 8.62. The van der Waals surface area contributed by atoms with Crippen LogP contribution in [0.2, 0.25) is 0 Å². The minimum absolute atomic E-state index is 0.122. The van der Waals surface area contributed by atoms with E-state index in [0.29, 0.717) is 25.2 Å². The summed E-state index contributed by atoms with van der Waals surface area (Å²) in [5, 5.41) is 29.8. The van der Waals surface area contributed by atoms with E-state index in [1.165, 1.54) is 0 Å². The van der Waals surface area contributed by atoms with Gasteiger partial charge in [-0.15, -0.1) is 0 Å². The summed E-state index contributed by atoms with van der Waals surface area (Å²) in [5.74, 6) is -0.466. The normalized spacial score (nSPS) is 35.6. The van der Waals surface area contributed by atoms with Gasteiger partial charge >= 0.3 is 5.97 Å². The molecule has 0 amide bonds. The first-order valence-corrected chi connectivity index (χ1v) is 8.62. The van der Waals surface area contributed by atoms with Gasteiger partial charge in [0.1, 0.15) is 0 Å². The van der Waals surface area contributed by atoms with Crippen molar-refractivity contribution in [2.75, 3.05) is 0 Å². The average molecular weight is 310 g/mol. The predicted octanol–water partition coefficient (Wildman–Crippen LogP) is 3.27. The number of carboxylic acid groups (broad SMARTS) is 1. The van der Waals surface area contributed by atoms with Crippen LogP contribution >= 0.6 is 0 Å². The van der Waals surface area contributed by atoms with Crippen LogP contribution in [0.25, 0.3) is 0 Å². The molecular formula is C18H30O4. The van der Waals surface area contributed by atoms with Crippen LogP contribution < -0.4 is 0 Å². The largest absolute Gasteiger partial charge is 0.481 e. The summed E-state index contributed by atoms with van der Waals surface area (Å²) >= 11 is 0. The number of fused-ring (bicyclic) bond motifs is 2. The van der Waals surface area contributed by atoms with Crippen molar-refractivity contribution in [2.24, 2.45) is 11.3 Å². The molecule has 0 radical (unpaired) electrons. The fourth-order valence-electron chi connectivity index (χ4n) is 4.73. The molecule has 0 aliphatic heterocycles. The molecule has 2 aliphatic carbocycles. The van der Waals surface area contributed by atoms with Gasteiger partial charge in [0.05, 0.1) is 18.1 Å². The molecule has 2 rings (SSSR count). The summed E-state index contributed by atoms with van der Waals surface area (Å²) in [6.45, 7) is 6.07. The van der Waals surface area contributed by atoms with Crippen molar-refractivity contribution in [3.8, 4) is 0 Å². The van der Waals surface area contributed by atoms with Crippen molar-refractivity contribution in [3.05, 3.63) is 12.2 Å². The monoisotopic (exact) mass is 310 g/mol. The van der Waals surface area contributed by atoms with Gasteiger partial charge in [0, 0.05) is 0 Å². The van der Waals surface area contributed by atoms with Crippen LogP contribution in [0.4, 0.5) is 0 Å². The van der Waals surface area contributed by atoms with E-state index in [0.717, 1.165) is 44.1 Å². The third-order valence-corrected chi connectivity index (χ3v) is 5.86. The van der Waals surface area contributed by atoms with Crippen LogP contribution in [-0.4, -0.2) is 33.0 Å². The van der Waals surface area contributed by atoms with Crippen molar-refractivity contribution < 1.29 is 20.1 Å². The van der Waals surface area contributed by atoms with Crippen LogP contribution in [0, 0.1) is 11.3 Å². The molecule has 2 aliphatic rings. The molecule has 4 nitrogen and oxygen atoms in total. The van der Waals surface area contributed by atoms with E-state index in [-0.39, 0.29) is 17.9 Å². The zero-order chi connectivity index (χ0) is 16.4. The molecule has 0 aromatic heterocycles. The molecule has 0 saturated heterocycles. The maximum Gasteiger partial charge on any atom is 0.303 e. The van der Waals surface area contributed by atoms with Gasteiger partial charge in [-0.3, -0.25) is 4.79 Å². The predicted molar refractivity (Wildman–Crippen MR) is 85.5 cm³/mol. The Morgan fingerprint density at radius 1 is 1.45 bits per heavy atom. The van der Waals surface area contributed by atoms with Gasteiger partial charge in [0.15, 0.2) is 0 Å². The van der Waals surface area contributed by atoms with Crippen molar-refractivity contribution in [3.63, 3.8) is 0 Å². The van der Waals surface area contributed by atoms with E-state index in [2.05, 4.69) is 13.5 Å². The van der Waals surface area contributed by atoms with Gasteiger partial charge in [-0.2, -0.15) is 0 Å². The topological polar surface area (TPSA) is 77.8 Å². The fourth-order valence-corrected chi connectivity index (χ4v) is 4.73. The Labute approximate surface area is 133 Å². The second-order valence-electron chi connectivity index (χ2n) is 7.53. The number of carbonyl (C=O) groups is 1. The summed E-state index contributed by atoms with van der Waals surface area (Å²) < 4.78 is 0. The van der Waals surface area contributed by atoms with E-state index in [1.54, 1.807) is 0 Å². The minimum Gasteiger partial charge on any atom is -0.481 e. The lowest BCUT2D eigenvalue weighted by Gasteiger charge is -2.42. The first-order chi connectivity index (χ1) is 10.3. The summed E-state index contributed by atoms with van der Waals surface area (Å²) in [6.07, 6.45) is 7.12. The molecule has 0 aromatic carbocycles. The molecule has 126 valence electrons. The van der Waals surface area contributed by atoms with Crippen LogP contribution in [0.1, 0.15) is 71.1 Å². The second kappa shape index (κ2) is 6.71. The number of hydrogen-bond donors (Lipinski definition) is 3. The van der Waals surface area contributed by atoms with E-state index >= 15 is 0 Å². The standard InChI is InChI=1S/C18H30O4/c1-3-5-15(19)7-4-6-14-8-9-18(22)12-17(14,10-13(18)2)11-16(20)21/h14-15,19,22H,2-12H2,1H3,(H,20,21)/t14-,15?,17+,18+/m1/s1. The second-order valence-corrected chi connectivity index (χ2v) is 7.53. The lowest BCUT2D eigenvalue weighted by atomic mass is 9.63. The third-order valence-electron chi connectivity index (χ3n) is 5.86. The number of hydrogen-bond acceptors (Lipinski definition) is 3. The molecule has 0 aromatic rings. The number of aliphatic carboxylic acids is 1. The van der Waals surface area contributed by atoms with Gasteiger partial charge < -0.3 is 15.3 Å². The minimum atomic E-state index is -0.840. The Morgan fingerprint density at radius 2 is 2.18 bits per heavy atom. The van der Waals surface area contributed by atoms with Crippen molar-refractivity contribution in [1.29, 1.82) is 0 Å². The van der Waals surface area contributed by atoms with Crippen molar-refractivity contribution in [1.82, 2.24) is 0 Å². The lowest BCUT2D eigenvalue weighted by molar-refractivity contribution is -0.142. The first kappa shape index (κ1) is 17.5. The molecule has 3 N–H and O–H groups in total. The van der Waals surface area contributed by atoms with Gasteiger partial charge in [0.2, 0.25) is 0 Å². The molecule has 2 bridgehead atoms. The molecule has 22 heavy (non-hydrogen) atoms. The quantitative estimate of drug-likeness (QED) is 0.601. The smallest absolute Gasteiger partial charge is 0.303 e. The zero-order valence-electron chi connectivity index (χ0n) is 13.7. The zero-order valence-corrected chi connectivity index (χ0v) is 13.7. The Bertz CT molecular complexity index is 433. The molecular weight excluding hydrogens is 280 g/mol. The SMILES string of the molecule is C=C1C[C@]2(CC(=O)O)C[C@@]1(O)CC[C@H]2CCCC(O)CCC. The summed E-state index contributed by atoms with van der Waals surface area (Å²) in [6, 6.07) is 0. The summed E-state index contributed by atoms with van der Waals surface area (Å²) in [5.41, 5.74) is -0.346. The Balaban J connectivity index is 2.00. The highest BCUT2D eigenvalue weighted by atomic mass is 16.4. The van der Waals surface area contributed by atoms with Crippen LogP contribution in [0.15, 0.2) is 12.2 Å². The molecule has 1 unspecified atom stereocenters. The highest BCUT2D eigenvalue weighted by Gasteiger charge is 2.57. The van der Waals surface area contributed by atoms with Crippen LogP contribution in [0.3, 0.4) is 0 Å². The molecule has 4 heteroatoms. The maximum atomic E-state index is 11.3. The third kappa shape index (κ3) is 3.54. The van der Waals surface area contributed by atoms with Gasteiger partial charge in [-0.25, -0.2) is 0 Å². The average Bonchev–Trinajstić information content (AvgIpc) is 2.60. The molecule has 0 spiro atoms. The van der Waals surface area contributed by atoms with E-state index in [1.807, 2.05) is 0 Å². The Hall–Kier alpha value is -0.870. The van der Waals surface area contributed by atoms with Crippen LogP contribution in [0.5, 0.6) is 0 Å². The van der Waals surface area contributed by atoms with Crippen molar-refractivity contribution in [2.45, 2.75) is 82.8 Å². The number of carboxylic acids is 1. The van der Waals surface area contributed by atoms with E-state index < -0.39 is 11.6 Å². The van der Waals surface area contributed by atoms with Crippen molar-refractivity contribution >= 4 is 5.97 Å². The Morgan fingerprint density at radius 3 is 2.82 bits per heavy atom. The maximum absolute atomic E-state index is 11.3. The summed E-state index contributed by atoms with van der Waals surface area (Å²) in [4.78, 5) is 11.3. The van der Waals surface area contributed by atoms with Gasteiger partial charge in [-0.05, 0) is 61.9 Å². The molecule has 4 atom stereocenters. The highest BCUT2D eigenvalue weighted by molar-refractivity contribution is 5.68. The fraction of sp³-hybridized carbons (Fsp3) is 0.833. The van der Waals surface area contributed by atoms with Gasteiger partial charge in [-0.1, -0.05) is 26.3 Å². The van der Waals surface area contributed by atoms with Crippen LogP contribution in [-0.2, 0) is 4.79 Å². The summed E-state index contributed by atoms with van der Waals surface area (Å²) in [7, 11) is 0. The lowest BCUT2D eigenvalue weighted by Crippen LogP contribution is -2.40. The van der Waals surface area contributed by atoms with Gasteiger partial charge in [0.25, 0.3) is 0 Å². The molecule has 2 saturated carbocycles. The number of rotatable bonds is 8. The molecule has 2 fully saturated rings. The molecule has 0 heterocycles. The number of aliphatic hydroxyl groups excluding tert-OH is 1. The van der Waals surface area contributed by atoms with E-state index in [9.17, 15) is 20.1 Å². The highest BCUT2D eigenvalue weighted by Crippen LogP contribution is 2.61. The Kier molecular flexibility index (Phi) is 5.33. The number of aliphatic hydroxyl groups is 2. The van der Waals surface area contributed by atoms with E-state index in [4.69, 9.17) is 0 Å².